The molecular formula is C16H17BrN2. The van der Waals surface area contributed by atoms with E-state index in [1.54, 1.807) is 0 Å². The Hall–Kier alpha value is -1.22. The van der Waals surface area contributed by atoms with Gasteiger partial charge in [0, 0.05) is 28.2 Å². The molecule has 0 N–H and O–H groups in total. The van der Waals surface area contributed by atoms with Gasteiger partial charge in [0.2, 0.25) is 0 Å². The summed E-state index contributed by atoms with van der Waals surface area (Å²) >= 11 is 3.51. The Balaban J connectivity index is 2.12. The molecule has 1 aliphatic heterocycles. The Morgan fingerprint density at radius 1 is 1.37 bits per heavy atom. The van der Waals surface area contributed by atoms with Crippen molar-refractivity contribution in [3.63, 3.8) is 0 Å². The lowest BCUT2D eigenvalue weighted by molar-refractivity contribution is 0.636. The first-order chi connectivity index (χ1) is 9.21. The molecule has 1 atom stereocenters. The number of aromatic nitrogens is 1. The lowest BCUT2D eigenvalue weighted by atomic mass is 9.77. The van der Waals surface area contributed by atoms with Gasteiger partial charge >= 0.3 is 0 Å². The van der Waals surface area contributed by atoms with Crippen molar-refractivity contribution in [3.8, 4) is 0 Å². The molecule has 0 saturated heterocycles. The fraction of sp³-hybridized carbons (Fsp3) is 0.375. The lowest BCUT2D eigenvalue weighted by Gasteiger charge is -2.24. The quantitative estimate of drug-likeness (QED) is 0.701. The van der Waals surface area contributed by atoms with E-state index >= 15 is 0 Å². The van der Waals surface area contributed by atoms with Gasteiger partial charge < -0.3 is 0 Å². The molecule has 3 heteroatoms. The van der Waals surface area contributed by atoms with E-state index in [1.807, 2.05) is 12.3 Å². The van der Waals surface area contributed by atoms with Crippen molar-refractivity contribution in [3.05, 3.63) is 47.2 Å². The summed E-state index contributed by atoms with van der Waals surface area (Å²) in [6.45, 7) is 4.27. The second-order valence-electron chi connectivity index (χ2n) is 5.21. The number of pyridine rings is 1. The Bertz CT molecular complexity index is 613. The summed E-state index contributed by atoms with van der Waals surface area (Å²) in [4.78, 5) is 9.10. The molecule has 1 fully saturated rings. The molecule has 2 heterocycles. The monoisotopic (exact) mass is 316 g/mol. The van der Waals surface area contributed by atoms with Crippen LogP contribution in [0.4, 0.5) is 5.82 Å². The third-order valence-corrected chi connectivity index (χ3v) is 4.66. The molecule has 0 radical (unpaired) electrons. The van der Waals surface area contributed by atoms with Crippen LogP contribution in [0.5, 0.6) is 0 Å². The van der Waals surface area contributed by atoms with Crippen molar-refractivity contribution in [1.82, 2.24) is 4.98 Å². The molecule has 3 rings (SSSR count). The number of hydrogen-bond acceptors (Lipinski definition) is 2. The van der Waals surface area contributed by atoms with Crippen molar-refractivity contribution in [2.75, 3.05) is 5.33 Å². The highest BCUT2D eigenvalue weighted by molar-refractivity contribution is 9.09. The number of hydrogen-bond donors (Lipinski definition) is 0. The van der Waals surface area contributed by atoms with E-state index in [2.05, 4.69) is 53.0 Å². The number of rotatable bonds is 1. The summed E-state index contributed by atoms with van der Waals surface area (Å²) in [5, 5.41) is 0.909. The van der Waals surface area contributed by atoms with Gasteiger partial charge in [-0.1, -0.05) is 34.1 Å². The van der Waals surface area contributed by atoms with E-state index in [9.17, 15) is 0 Å². The van der Waals surface area contributed by atoms with Crippen molar-refractivity contribution in [2.45, 2.75) is 32.1 Å². The molecule has 1 aromatic heterocycles. The standard InChI is InChI=1S/C16H17BrN2/c1-3-12-9-16(10-13(12)6-7-17)11(2)19-15-14(16)5-4-8-18-15/h3-6,8H,7,9-10H2,1-2H3. The topological polar surface area (TPSA) is 25.2 Å². The fourth-order valence-corrected chi connectivity index (χ4v) is 3.68. The van der Waals surface area contributed by atoms with Crippen molar-refractivity contribution >= 4 is 27.5 Å². The first-order valence-electron chi connectivity index (χ1n) is 6.63. The van der Waals surface area contributed by atoms with Gasteiger partial charge in [-0.15, -0.1) is 0 Å². The molecule has 0 amide bonds. The molecule has 1 aromatic rings. The Kier molecular flexibility index (Phi) is 3.17. The van der Waals surface area contributed by atoms with Gasteiger partial charge in [-0.2, -0.15) is 0 Å². The number of fused-ring (bicyclic) bond motifs is 2. The normalized spacial score (nSPS) is 29.3. The highest BCUT2D eigenvalue weighted by Gasteiger charge is 2.47. The second kappa shape index (κ2) is 4.71. The Morgan fingerprint density at radius 3 is 2.89 bits per heavy atom. The SMILES string of the molecule is CC=C1CC2(CC1=CCBr)C(C)=Nc1ncccc12. The molecule has 98 valence electrons. The summed E-state index contributed by atoms with van der Waals surface area (Å²) in [6.07, 6.45) is 8.45. The number of aliphatic imine (C=N–C) groups is 1. The molecule has 1 unspecified atom stereocenters. The minimum absolute atomic E-state index is 0.0550. The maximum Gasteiger partial charge on any atom is 0.155 e. The van der Waals surface area contributed by atoms with Gasteiger partial charge in [-0.3, -0.25) is 0 Å². The Morgan fingerprint density at radius 2 is 2.16 bits per heavy atom. The second-order valence-corrected chi connectivity index (χ2v) is 5.85. The zero-order valence-electron chi connectivity index (χ0n) is 11.3. The van der Waals surface area contributed by atoms with Gasteiger partial charge in [-0.05, 0) is 43.9 Å². The predicted molar refractivity (Wildman–Crippen MR) is 83.6 cm³/mol. The van der Waals surface area contributed by atoms with Gasteiger partial charge in [-0.25, -0.2) is 9.98 Å². The van der Waals surface area contributed by atoms with Crippen LogP contribution < -0.4 is 0 Å². The lowest BCUT2D eigenvalue weighted by Crippen LogP contribution is -2.27. The third-order valence-electron chi connectivity index (χ3n) is 4.34. The van der Waals surface area contributed by atoms with E-state index in [0.29, 0.717) is 0 Å². The molecule has 2 nitrogen and oxygen atoms in total. The third kappa shape index (κ3) is 1.83. The Labute approximate surface area is 122 Å². The van der Waals surface area contributed by atoms with E-state index < -0.39 is 0 Å². The van der Waals surface area contributed by atoms with Gasteiger partial charge in [0.05, 0.1) is 0 Å². The van der Waals surface area contributed by atoms with Crippen LogP contribution in [0, 0.1) is 0 Å². The molecule has 19 heavy (non-hydrogen) atoms. The van der Waals surface area contributed by atoms with Gasteiger partial charge in [0.25, 0.3) is 0 Å². The van der Waals surface area contributed by atoms with Crippen LogP contribution in [0.25, 0.3) is 0 Å². The molecule has 1 spiro atoms. The molecule has 0 aromatic carbocycles. The van der Waals surface area contributed by atoms with Gasteiger partial charge in [0.15, 0.2) is 5.82 Å². The molecular weight excluding hydrogens is 300 g/mol. The van der Waals surface area contributed by atoms with Crippen LogP contribution in [-0.4, -0.2) is 16.0 Å². The highest BCUT2D eigenvalue weighted by Crippen LogP contribution is 2.53. The average Bonchev–Trinajstić information content (AvgIpc) is 2.91. The molecule has 1 saturated carbocycles. The number of halogens is 1. The van der Waals surface area contributed by atoms with E-state index in [4.69, 9.17) is 4.99 Å². The van der Waals surface area contributed by atoms with Crippen LogP contribution in [0.3, 0.4) is 0 Å². The average molecular weight is 317 g/mol. The van der Waals surface area contributed by atoms with Crippen LogP contribution in [-0.2, 0) is 5.41 Å². The predicted octanol–water partition coefficient (Wildman–Crippen LogP) is 4.49. The van der Waals surface area contributed by atoms with Crippen molar-refractivity contribution < 1.29 is 0 Å². The maximum atomic E-state index is 4.69. The molecule has 1 aliphatic carbocycles. The summed E-state index contributed by atoms with van der Waals surface area (Å²) in [5.74, 6) is 0.913. The summed E-state index contributed by atoms with van der Waals surface area (Å²) in [5.41, 5.74) is 5.46. The zero-order valence-corrected chi connectivity index (χ0v) is 12.9. The van der Waals surface area contributed by atoms with E-state index in [1.165, 1.54) is 22.4 Å². The summed E-state index contributed by atoms with van der Waals surface area (Å²) in [7, 11) is 0. The van der Waals surface area contributed by atoms with Crippen LogP contribution in [0.15, 0.2) is 46.6 Å². The van der Waals surface area contributed by atoms with Crippen LogP contribution in [0.2, 0.25) is 0 Å². The molecule has 2 aliphatic rings. The van der Waals surface area contributed by atoms with Crippen molar-refractivity contribution in [2.24, 2.45) is 4.99 Å². The van der Waals surface area contributed by atoms with Gasteiger partial charge in [0.1, 0.15) is 0 Å². The first-order valence-corrected chi connectivity index (χ1v) is 7.75. The van der Waals surface area contributed by atoms with Crippen LogP contribution >= 0.6 is 15.9 Å². The number of allylic oxidation sites excluding steroid dienone is 4. The minimum atomic E-state index is 0.0550. The zero-order chi connectivity index (χ0) is 13.5. The first kappa shape index (κ1) is 12.8. The van der Waals surface area contributed by atoms with Crippen LogP contribution in [0.1, 0.15) is 32.3 Å². The smallest absolute Gasteiger partial charge is 0.155 e. The summed E-state index contributed by atoms with van der Waals surface area (Å²) < 4.78 is 0. The molecule has 0 bridgehead atoms. The van der Waals surface area contributed by atoms with E-state index in [-0.39, 0.29) is 5.41 Å². The highest BCUT2D eigenvalue weighted by atomic mass is 79.9. The minimum Gasteiger partial charge on any atom is -0.237 e. The fourth-order valence-electron chi connectivity index (χ4n) is 3.29. The number of nitrogens with zero attached hydrogens (tertiary/aromatic N) is 2. The maximum absolute atomic E-state index is 4.69. The largest absolute Gasteiger partial charge is 0.237 e. The number of alkyl halides is 1. The summed E-state index contributed by atoms with van der Waals surface area (Å²) in [6, 6.07) is 4.21. The van der Waals surface area contributed by atoms with Crippen molar-refractivity contribution in [1.29, 1.82) is 0 Å². The van der Waals surface area contributed by atoms with E-state index in [0.717, 1.165) is 24.0 Å².